The van der Waals surface area contributed by atoms with Gasteiger partial charge in [0.2, 0.25) is 11.8 Å². The first kappa shape index (κ1) is 14.9. The summed E-state index contributed by atoms with van der Waals surface area (Å²) in [5.41, 5.74) is 0. The molecule has 0 aromatic carbocycles. The Morgan fingerprint density at radius 3 is 1.94 bits per heavy atom. The molecule has 0 rings (SSSR count). The van der Waals surface area contributed by atoms with Crippen molar-refractivity contribution in [1.82, 2.24) is 10.6 Å². The first-order chi connectivity index (χ1) is 7.61. The normalized spacial score (nSPS) is 10.2. The highest BCUT2D eigenvalue weighted by molar-refractivity contribution is 5.78. The number of unbranched alkanes of at least 4 members (excludes halogenated alkanes) is 1. The van der Waals surface area contributed by atoms with E-state index in [4.69, 9.17) is 0 Å². The molecule has 4 nitrogen and oxygen atoms in total. The maximum atomic E-state index is 11.6. The molecule has 0 aliphatic rings. The van der Waals surface area contributed by atoms with Gasteiger partial charge in [0.25, 0.3) is 0 Å². The molecule has 0 atom stereocenters. The van der Waals surface area contributed by atoms with E-state index in [1.165, 1.54) is 6.92 Å². The highest BCUT2D eigenvalue weighted by Gasteiger charge is 2.12. The van der Waals surface area contributed by atoms with Gasteiger partial charge < -0.3 is 10.6 Å². The maximum Gasteiger partial charge on any atom is 0.223 e. The molecule has 2 N–H and O–H groups in total. The van der Waals surface area contributed by atoms with Gasteiger partial charge in [0.1, 0.15) is 0 Å². The van der Waals surface area contributed by atoms with Crippen molar-refractivity contribution in [2.75, 3.05) is 13.1 Å². The molecule has 0 aliphatic carbocycles. The van der Waals surface area contributed by atoms with Crippen molar-refractivity contribution < 1.29 is 9.59 Å². The third-order valence-electron chi connectivity index (χ3n) is 2.63. The average molecular weight is 228 g/mol. The summed E-state index contributed by atoms with van der Waals surface area (Å²) in [6.07, 6.45) is 3.61. The second-order valence-electron chi connectivity index (χ2n) is 3.99. The molecular formula is C12H24N2O2. The minimum absolute atomic E-state index is 0.000987. The molecule has 0 radical (unpaired) electrons. The first-order valence-electron chi connectivity index (χ1n) is 6.13. The topological polar surface area (TPSA) is 58.2 Å². The van der Waals surface area contributed by atoms with Crippen LogP contribution in [-0.4, -0.2) is 24.9 Å². The summed E-state index contributed by atoms with van der Waals surface area (Å²) in [5.74, 6) is 0.306. The lowest BCUT2D eigenvalue weighted by Gasteiger charge is -2.12. The Morgan fingerprint density at radius 2 is 1.50 bits per heavy atom. The fraction of sp³-hybridized carbons (Fsp3) is 0.833. The third-order valence-corrected chi connectivity index (χ3v) is 2.63. The van der Waals surface area contributed by atoms with E-state index >= 15 is 0 Å². The number of rotatable bonds is 8. The van der Waals surface area contributed by atoms with Crippen molar-refractivity contribution in [2.45, 2.75) is 46.5 Å². The SMILES string of the molecule is CCC(CC)C(=O)NCCCCNC(C)=O. The second-order valence-corrected chi connectivity index (χ2v) is 3.99. The van der Waals surface area contributed by atoms with Crippen molar-refractivity contribution >= 4 is 11.8 Å². The van der Waals surface area contributed by atoms with Crippen LogP contribution in [0.4, 0.5) is 0 Å². The standard InChI is InChI=1S/C12H24N2O2/c1-4-11(5-2)12(16)14-9-7-6-8-13-10(3)15/h11H,4-9H2,1-3H3,(H,13,15)(H,14,16). The highest BCUT2D eigenvalue weighted by Crippen LogP contribution is 2.06. The van der Waals surface area contributed by atoms with E-state index in [0.717, 1.165) is 25.7 Å². The molecule has 2 amide bonds. The van der Waals surface area contributed by atoms with E-state index in [-0.39, 0.29) is 17.7 Å². The largest absolute Gasteiger partial charge is 0.356 e. The van der Waals surface area contributed by atoms with E-state index < -0.39 is 0 Å². The lowest BCUT2D eigenvalue weighted by molar-refractivity contribution is -0.125. The molecule has 0 saturated heterocycles. The molecule has 0 unspecified atom stereocenters. The monoisotopic (exact) mass is 228 g/mol. The predicted molar refractivity (Wildman–Crippen MR) is 65.0 cm³/mol. The Bertz CT molecular complexity index is 213. The van der Waals surface area contributed by atoms with Gasteiger partial charge in [0.15, 0.2) is 0 Å². The zero-order chi connectivity index (χ0) is 12.4. The third kappa shape index (κ3) is 7.26. The van der Waals surface area contributed by atoms with Crippen LogP contribution in [0.1, 0.15) is 46.5 Å². The van der Waals surface area contributed by atoms with Crippen LogP contribution < -0.4 is 10.6 Å². The van der Waals surface area contributed by atoms with Gasteiger partial charge in [-0.15, -0.1) is 0 Å². The van der Waals surface area contributed by atoms with Crippen molar-refractivity contribution in [2.24, 2.45) is 5.92 Å². The molecule has 0 aromatic rings. The van der Waals surface area contributed by atoms with E-state index in [1.807, 2.05) is 13.8 Å². The number of amides is 2. The Labute approximate surface area is 98.2 Å². The number of carbonyl (C=O) groups is 2. The fourth-order valence-electron chi connectivity index (χ4n) is 1.53. The maximum absolute atomic E-state index is 11.6. The van der Waals surface area contributed by atoms with Crippen LogP contribution in [0.5, 0.6) is 0 Å². The summed E-state index contributed by atoms with van der Waals surface area (Å²) in [6.45, 7) is 6.97. The van der Waals surface area contributed by atoms with Gasteiger partial charge in [0.05, 0.1) is 0 Å². The van der Waals surface area contributed by atoms with Gasteiger partial charge in [0, 0.05) is 25.9 Å². The second kappa shape index (κ2) is 9.19. The zero-order valence-corrected chi connectivity index (χ0v) is 10.6. The first-order valence-corrected chi connectivity index (χ1v) is 6.13. The van der Waals surface area contributed by atoms with Crippen molar-refractivity contribution in [3.8, 4) is 0 Å². The minimum Gasteiger partial charge on any atom is -0.356 e. The lowest BCUT2D eigenvalue weighted by atomic mass is 10.0. The van der Waals surface area contributed by atoms with Gasteiger partial charge in [-0.1, -0.05) is 13.8 Å². The Balaban J connectivity index is 3.44. The van der Waals surface area contributed by atoms with Gasteiger partial charge in [-0.25, -0.2) is 0 Å². The quantitative estimate of drug-likeness (QED) is 0.618. The summed E-state index contributed by atoms with van der Waals surface area (Å²) >= 11 is 0. The summed E-state index contributed by atoms with van der Waals surface area (Å²) in [7, 11) is 0. The van der Waals surface area contributed by atoms with Crippen LogP contribution in [0.15, 0.2) is 0 Å². The van der Waals surface area contributed by atoms with E-state index in [1.54, 1.807) is 0 Å². The molecule has 0 saturated carbocycles. The molecular weight excluding hydrogens is 204 g/mol. The van der Waals surface area contributed by atoms with Gasteiger partial charge in [-0.2, -0.15) is 0 Å². The molecule has 0 spiro atoms. The zero-order valence-electron chi connectivity index (χ0n) is 10.6. The van der Waals surface area contributed by atoms with Crippen molar-refractivity contribution in [1.29, 1.82) is 0 Å². The van der Waals surface area contributed by atoms with E-state index in [9.17, 15) is 9.59 Å². The van der Waals surface area contributed by atoms with Gasteiger partial charge in [-0.05, 0) is 25.7 Å². The Hall–Kier alpha value is -1.06. The molecule has 0 fully saturated rings. The Morgan fingerprint density at radius 1 is 1.00 bits per heavy atom. The summed E-state index contributed by atoms with van der Waals surface area (Å²) in [4.78, 5) is 22.1. The van der Waals surface area contributed by atoms with Crippen LogP contribution >= 0.6 is 0 Å². The number of carbonyl (C=O) groups excluding carboxylic acids is 2. The van der Waals surface area contributed by atoms with Crippen LogP contribution in [-0.2, 0) is 9.59 Å². The molecule has 0 aromatic heterocycles. The van der Waals surface area contributed by atoms with Gasteiger partial charge in [-0.3, -0.25) is 9.59 Å². The Kier molecular flexibility index (Phi) is 8.58. The fourth-order valence-corrected chi connectivity index (χ4v) is 1.53. The summed E-state index contributed by atoms with van der Waals surface area (Å²) < 4.78 is 0. The highest BCUT2D eigenvalue weighted by atomic mass is 16.2. The van der Waals surface area contributed by atoms with Crippen LogP contribution in [0.3, 0.4) is 0 Å². The predicted octanol–water partition coefficient (Wildman–Crippen LogP) is 1.46. The van der Waals surface area contributed by atoms with Crippen molar-refractivity contribution in [3.63, 3.8) is 0 Å². The molecule has 94 valence electrons. The molecule has 4 heteroatoms. The number of hydrogen-bond acceptors (Lipinski definition) is 2. The van der Waals surface area contributed by atoms with Crippen LogP contribution in [0.2, 0.25) is 0 Å². The molecule has 0 bridgehead atoms. The molecule has 16 heavy (non-hydrogen) atoms. The van der Waals surface area contributed by atoms with Crippen LogP contribution in [0.25, 0.3) is 0 Å². The van der Waals surface area contributed by atoms with E-state index in [2.05, 4.69) is 10.6 Å². The number of hydrogen-bond donors (Lipinski definition) is 2. The van der Waals surface area contributed by atoms with Crippen molar-refractivity contribution in [3.05, 3.63) is 0 Å². The van der Waals surface area contributed by atoms with Gasteiger partial charge >= 0.3 is 0 Å². The summed E-state index contributed by atoms with van der Waals surface area (Å²) in [6, 6.07) is 0. The molecule has 0 aliphatic heterocycles. The smallest absolute Gasteiger partial charge is 0.223 e. The summed E-state index contributed by atoms with van der Waals surface area (Å²) in [5, 5.41) is 5.65. The average Bonchev–Trinajstić information content (AvgIpc) is 2.24. The number of nitrogens with one attached hydrogen (secondary N) is 2. The minimum atomic E-state index is 0.000987. The molecule has 0 heterocycles. The lowest BCUT2D eigenvalue weighted by Crippen LogP contribution is -2.31. The van der Waals surface area contributed by atoms with Crippen LogP contribution in [0, 0.1) is 5.92 Å². The van der Waals surface area contributed by atoms with E-state index in [0.29, 0.717) is 13.1 Å².